The van der Waals surface area contributed by atoms with Crippen LogP contribution in [0.3, 0.4) is 0 Å². The molecule has 0 spiro atoms. The summed E-state index contributed by atoms with van der Waals surface area (Å²) < 4.78 is 5.73. The van der Waals surface area contributed by atoms with E-state index in [4.69, 9.17) is 4.42 Å². The van der Waals surface area contributed by atoms with Crippen LogP contribution in [-0.4, -0.2) is 15.3 Å². The van der Waals surface area contributed by atoms with Gasteiger partial charge in [-0.25, -0.2) is 0 Å². The second-order valence-corrected chi connectivity index (χ2v) is 6.96. The zero-order chi connectivity index (χ0) is 22.0. The van der Waals surface area contributed by atoms with Crippen LogP contribution in [0.15, 0.2) is 89.4 Å². The van der Waals surface area contributed by atoms with Gasteiger partial charge in [-0.15, -0.1) is 0 Å². The molecule has 0 aliphatic rings. The van der Waals surface area contributed by atoms with Crippen molar-refractivity contribution in [3.63, 3.8) is 0 Å². The number of allylic oxidation sites excluding steroid dienone is 4. The first kappa shape index (κ1) is 20.7. The molecule has 30 heavy (non-hydrogen) atoms. The van der Waals surface area contributed by atoms with Crippen LogP contribution in [0.1, 0.15) is 11.1 Å². The fourth-order valence-corrected chi connectivity index (χ4v) is 3.23. The second-order valence-electron chi connectivity index (χ2n) is 6.96. The second kappa shape index (κ2) is 8.17. The molecular formula is C25H22O5. The summed E-state index contributed by atoms with van der Waals surface area (Å²) in [4.78, 5) is 13.3. The van der Waals surface area contributed by atoms with E-state index in [0.29, 0.717) is 22.3 Å². The van der Waals surface area contributed by atoms with Gasteiger partial charge in [0.25, 0.3) is 0 Å². The normalized spacial score (nSPS) is 10.7. The lowest BCUT2D eigenvalue weighted by Crippen LogP contribution is -2.08. The maximum atomic E-state index is 13.3. The number of aromatic hydroxyl groups is 3. The third-order valence-corrected chi connectivity index (χ3v) is 4.93. The van der Waals surface area contributed by atoms with E-state index >= 15 is 0 Å². The molecule has 0 aliphatic heterocycles. The van der Waals surface area contributed by atoms with Crippen LogP contribution in [0.25, 0.3) is 22.1 Å². The predicted octanol–water partition coefficient (Wildman–Crippen LogP) is 5.15. The standard InChI is InChI=1S/C25H22O5/c1-5-14(3)11-18-22(27)19(12-15(4)6-2)25-21(23(18)28)24(29)20(13-30-25)16-7-9-17(26)10-8-16/h5-10,13,26-28H,1-4,11-12H2. The molecule has 1 aromatic heterocycles. The van der Waals surface area contributed by atoms with Gasteiger partial charge < -0.3 is 19.7 Å². The molecule has 3 aromatic rings. The van der Waals surface area contributed by atoms with E-state index in [2.05, 4.69) is 26.3 Å². The van der Waals surface area contributed by atoms with Gasteiger partial charge >= 0.3 is 0 Å². The highest BCUT2D eigenvalue weighted by Crippen LogP contribution is 2.41. The van der Waals surface area contributed by atoms with Gasteiger partial charge in [0.15, 0.2) is 0 Å². The summed E-state index contributed by atoms with van der Waals surface area (Å²) in [5.74, 6) is -0.494. The van der Waals surface area contributed by atoms with Crippen LogP contribution >= 0.6 is 0 Å². The number of hydrogen-bond acceptors (Lipinski definition) is 5. The molecule has 2 aromatic carbocycles. The van der Waals surface area contributed by atoms with Gasteiger partial charge in [0.1, 0.15) is 34.5 Å². The third kappa shape index (κ3) is 3.65. The molecule has 0 amide bonds. The minimum absolute atomic E-state index is 0.0444. The number of benzene rings is 2. The molecule has 1 heterocycles. The highest BCUT2D eigenvalue weighted by molar-refractivity contribution is 5.93. The number of fused-ring (bicyclic) bond motifs is 1. The minimum atomic E-state index is -0.463. The Hall–Kier alpha value is -3.99. The number of hydrogen-bond donors (Lipinski definition) is 3. The third-order valence-electron chi connectivity index (χ3n) is 4.93. The first-order valence-corrected chi connectivity index (χ1v) is 9.19. The van der Waals surface area contributed by atoms with Crippen LogP contribution in [0.4, 0.5) is 0 Å². The van der Waals surface area contributed by atoms with Gasteiger partial charge in [-0.3, -0.25) is 4.79 Å². The first-order valence-electron chi connectivity index (χ1n) is 9.19. The Labute approximate surface area is 173 Å². The minimum Gasteiger partial charge on any atom is -0.508 e. The molecule has 0 atom stereocenters. The molecule has 3 N–H and O–H groups in total. The van der Waals surface area contributed by atoms with Crippen molar-refractivity contribution >= 4 is 11.0 Å². The monoisotopic (exact) mass is 402 g/mol. The molecule has 0 unspecified atom stereocenters. The summed E-state index contributed by atoms with van der Waals surface area (Å²) in [6.07, 6.45) is 4.62. The van der Waals surface area contributed by atoms with E-state index in [9.17, 15) is 20.1 Å². The van der Waals surface area contributed by atoms with Crippen LogP contribution < -0.4 is 5.43 Å². The molecule has 0 fully saturated rings. The van der Waals surface area contributed by atoms with Crippen molar-refractivity contribution in [2.45, 2.75) is 12.8 Å². The van der Waals surface area contributed by atoms with E-state index in [-0.39, 0.29) is 52.2 Å². The van der Waals surface area contributed by atoms with Crippen molar-refractivity contribution in [2.75, 3.05) is 0 Å². The molecule has 0 aliphatic carbocycles. The van der Waals surface area contributed by atoms with Crippen molar-refractivity contribution < 1.29 is 19.7 Å². The highest BCUT2D eigenvalue weighted by Gasteiger charge is 2.24. The van der Waals surface area contributed by atoms with E-state index in [1.54, 1.807) is 18.2 Å². The van der Waals surface area contributed by atoms with E-state index < -0.39 is 5.43 Å². The molecule has 152 valence electrons. The Morgan fingerprint density at radius 3 is 2.03 bits per heavy atom. The van der Waals surface area contributed by atoms with Gasteiger partial charge in [-0.2, -0.15) is 0 Å². The number of phenols is 3. The van der Waals surface area contributed by atoms with Crippen LogP contribution in [0, 0.1) is 0 Å². The van der Waals surface area contributed by atoms with Gasteiger partial charge in [0.2, 0.25) is 5.43 Å². The topological polar surface area (TPSA) is 90.9 Å². The lowest BCUT2D eigenvalue weighted by molar-refractivity contribution is 0.438. The highest BCUT2D eigenvalue weighted by atomic mass is 16.3. The van der Waals surface area contributed by atoms with Crippen LogP contribution in [-0.2, 0) is 12.8 Å². The average Bonchev–Trinajstić information content (AvgIpc) is 2.74. The molecule has 0 saturated heterocycles. The predicted molar refractivity (Wildman–Crippen MR) is 119 cm³/mol. The molecule has 0 radical (unpaired) electrons. The van der Waals surface area contributed by atoms with Gasteiger partial charge in [-0.05, 0) is 17.7 Å². The Kier molecular flexibility index (Phi) is 5.65. The van der Waals surface area contributed by atoms with Crippen molar-refractivity contribution in [3.05, 3.63) is 101 Å². The lowest BCUT2D eigenvalue weighted by atomic mass is 9.93. The van der Waals surface area contributed by atoms with Gasteiger partial charge in [0.05, 0.1) is 5.56 Å². The van der Waals surface area contributed by atoms with Gasteiger partial charge in [-0.1, -0.05) is 61.7 Å². The molecule has 3 rings (SSSR count). The van der Waals surface area contributed by atoms with Crippen molar-refractivity contribution in [1.29, 1.82) is 0 Å². The Morgan fingerprint density at radius 2 is 1.47 bits per heavy atom. The zero-order valence-corrected chi connectivity index (χ0v) is 16.4. The Bertz CT molecular complexity index is 1240. The molecule has 5 nitrogen and oxygen atoms in total. The molecule has 0 saturated carbocycles. The Balaban J connectivity index is 2.38. The van der Waals surface area contributed by atoms with Crippen molar-refractivity contribution in [3.8, 4) is 28.4 Å². The maximum absolute atomic E-state index is 13.3. The maximum Gasteiger partial charge on any atom is 0.204 e. The quantitative estimate of drug-likeness (QED) is 0.476. The SMILES string of the molecule is C=CC(=C)Cc1c(O)c(CC(=C)C=C)c2occ(-c3ccc(O)cc3)c(=O)c2c1O. The summed E-state index contributed by atoms with van der Waals surface area (Å²) in [5.41, 5.74) is 2.01. The molecule has 0 bridgehead atoms. The number of rotatable bonds is 7. The van der Waals surface area contributed by atoms with E-state index in [1.807, 2.05) is 0 Å². The fraction of sp³-hybridized carbons (Fsp3) is 0.0800. The number of phenolic OH excluding ortho intramolecular Hbond substituents is 3. The average molecular weight is 402 g/mol. The van der Waals surface area contributed by atoms with E-state index in [1.165, 1.54) is 24.5 Å². The van der Waals surface area contributed by atoms with E-state index in [0.717, 1.165) is 0 Å². The van der Waals surface area contributed by atoms with Crippen molar-refractivity contribution in [2.24, 2.45) is 0 Å². The molecule has 5 heteroatoms. The Morgan fingerprint density at radius 1 is 0.900 bits per heavy atom. The molecular weight excluding hydrogens is 380 g/mol. The van der Waals surface area contributed by atoms with Crippen LogP contribution in [0.5, 0.6) is 17.2 Å². The summed E-state index contributed by atoms with van der Waals surface area (Å²) in [6, 6.07) is 6.06. The fourth-order valence-electron chi connectivity index (χ4n) is 3.23. The summed E-state index contributed by atoms with van der Waals surface area (Å²) in [5, 5.41) is 31.2. The van der Waals surface area contributed by atoms with Gasteiger partial charge in [0, 0.05) is 24.0 Å². The zero-order valence-electron chi connectivity index (χ0n) is 16.4. The van der Waals surface area contributed by atoms with Crippen molar-refractivity contribution in [1.82, 2.24) is 0 Å². The largest absolute Gasteiger partial charge is 0.508 e. The smallest absolute Gasteiger partial charge is 0.204 e. The first-order chi connectivity index (χ1) is 14.3. The summed E-state index contributed by atoms with van der Waals surface area (Å²) >= 11 is 0. The summed E-state index contributed by atoms with van der Waals surface area (Å²) in [6.45, 7) is 15.0. The van der Waals surface area contributed by atoms with Crippen LogP contribution in [0.2, 0.25) is 0 Å². The summed E-state index contributed by atoms with van der Waals surface area (Å²) in [7, 11) is 0. The lowest BCUT2D eigenvalue weighted by Gasteiger charge is -2.16.